The van der Waals surface area contributed by atoms with Crippen LogP contribution in [0.1, 0.15) is 6.92 Å². The number of benzene rings is 2. The van der Waals surface area contributed by atoms with E-state index in [0.29, 0.717) is 17.1 Å². The molecule has 0 saturated carbocycles. The summed E-state index contributed by atoms with van der Waals surface area (Å²) >= 11 is 0. The number of carbonyl (C=O) groups is 1. The number of rotatable bonds is 3. The first kappa shape index (κ1) is 13.8. The van der Waals surface area contributed by atoms with E-state index in [4.69, 9.17) is 0 Å². The molecule has 1 aliphatic rings. The first-order valence-electron chi connectivity index (χ1n) is 6.73. The van der Waals surface area contributed by atoms with Crippen LogP contribution < -0.4 is 10.4 Å². The standard InChI is InChI=1S/C16H14N4O2/c1-11-15(18-17-13-9-5-6-10-14(13)21)16(22)20(19-11)12-7-3-2-4-8-12/h2-10,17,21H,1H3/b18-15-. The van der Waals surface area contributed by atoms with Gasteiger partial charge in [0.2, 0.25) is 0 Å². The molecule has 0 atom stereocenters. The van der Waals surface area contributed by atoms with Crippen molar-refractivity contribution in [1.82, 2.24) is 0 Å². The second-order valence-electron chi connectivity index (χ2n) is 4.73. The van der Waals surface area contributed by atoms with Crippen LogP contribution >= 0.6 is 0 Å². The number of anilines is 2. The van der Waals surface area contributed by atoms with Crippen LogP contribution in [0, 0.1) is 0 Å². The van der Waals surface area contributed by atoms with Crippen LogP contribution in [0.5, 0.6) is 5.75 Å². The van der Waals surface area contributed by atoms with Gasteiger partial charge in [-0.15, -0.1) is 0 Å². The molecule has 2 aromatic carbocycles. The summed E-state index contributed by atoms with van der Waals surface area (Å²) in [5, 5.41) is 19.3. The molecular formula is C16H14N4O2. The van der Waals surface area contributed by atoms with Crippen LogP contribution in [0.15, 0.2) is 64.8 Å². The van der Waals surface area contributed by atoms with E-state index in [9.17, 15) is 9.90 Å². The van der Waals surface area contributed by atoms with E-state index in [2.05, 4.69) is 15.6 Å². The van der Waals surface area contributed by atoms with Gasteiger partial charge in [0.15, 0.2) is 5.71 Å². The Hall–Kier alpha value is -3.15. The number of nitrogens with zero attached hydrogens (tertiary/aromatic N) is 3. The summed E-state index contributed by atoms with van der Waals surface area (Å²) in [6, 6.07) is 15.8. The minimum absolute atomic E-state index is 0.0619. The first-order chi connectivity index (χ1) is 10.7. The fraction of sp³-hybridized carbons (Fsp3) is 0.0625. The Morgan fingerprint density at radius 2 is 1.77 bits per heavy atom. The number of hydrogen-bond donors (Lipinski definition) is 2. The summed E-state index contributed by atoms with van der Waals surface area (Å²) in [5.74, 6) is -0.251. The highest BCUT2D eigenvalue weighted by atomic mass is 16.3. The molecule has 0 fully saturated rings. The van der Waals surface area contributed by atoms with Gasteiger partial charge in [-0.25, -0.2) is 0 Å². The lowest BCUT2D eigenvalue weighted by molar-refractivity contribution is -0.112. The van der Waals surface area contributed by atoms with Crippen LogP contribution in [0.4, 0.5) is 11.4 Å². The average molecular weight is 294 g/mol. The first-order valence-corrected chi connectivity index (χ1v) is 6.73. The Labute approximate surface area is 127 Å². The number of hydrazone groups is 2. The number of phenolic OH excluding ortho intramolecular Hbond substituents is 1. The van der Waals surface area contributed by atoms with Gasteiger partial charge in [0, 0.05) is 0 Å². The maximum atomic E-state index is 12.4. The lowest BCUT2D eigenvalue weighted by Gasteiger charge is -2.10. The molecule has 2 N–H and O–H groups in total. The van der Waals surface area contributed by atoms with Crippen LogP contribution in [0.2, 0.25) is 0 Å². The molecule has 110 valence electrons. The van der Waals surface area contributed by atoms with Gasteiger partial charge in [-0.1, -0.05) is 30.3 Å². The zero-order chi connectivity index (χ0) is 15.5. The van der Waals surface area contributed by atoms with Gasteiger partial charge in [0.05, 0.1) is 17.1 Å². The third-order valence-corrected chi connectivity index (χ3v) is 3.18. The summed E-state index contributed by atoms with van der Waals surface area (Å²) in [6.45, 7) is 1.71. The molecule has 1 aliphatic heterocycles. The lowest BCUT2D eigenvalue weighted by atomic mass is 10.2. The molecule has 6 nitrogen and oxygen atoms in total. The third kappa shape index (κ3) is 2.54. The van der Waals surface area contributed by atoms with Crippen molar-refractivity contribution in [2.75, 3.05) is 10.4 Å². The van der Waals surface area contributed by atoms with Crippen molar-refractivity contribution in [3.05, 3.63) is 54.6 Å². The van der Waals surface area contributed by atoms with Crippen molar-refractivity contribution in [3.8, 4) is 5.75 Å². The molecule has 0 radical (unpaired) electrons. The number of hydrogen-bond acceptors (Lipinski definition) is 5. The van der Waals surface area contributed by atoms with E-state index in [1.165, 1.54) is 11.1 Å². The number of aromatic hydroxyl groups is 1. The maximum absolute atomic E-state index is 12.4. The van der Waals surface area contributed by atoms with Crippen molar-refractivity contribution >= 4 is 28.7 Å². The number of nitrogens with one attached hydrogen (secondary N) is 1. The van der Waals surface area contributed by atoms with E-state index < -0.39 is 0 Å². The number of phenols is 1. The van der Waals surface area contributed by atoms with E-state index in [-0.39, 0.29) is 17.4 Å². The molecule has 0 saturated heterocycles. The number of carbonyl (C=O) groups excluding carboxylic acids is 1. The second-order valence-corrected chi connectivity index (χ2v) is 4.73. The fourth-order valence-electron chi connectivity index (χ4n) is 2.06. The van der Waals surface area contributed by atoms with Crippen molar-refractivity contribution in [2.24, 2.45) is 10.2 Å². The van der Waals surface area contributed by atoms with E-state index >= 15 is 0 Å². The lowest BCUT2D eigenvalue weighted by Crippen LogP contribution is -2.27. The maximum Gasteiger partial charge on any atom is 0.301 e. The molecular weight excluding hydrogens is 280 g/mol. The zero-order valence-electron chi connectivity index (χ0n) is 11.9. The molecule has 0 spiro atoms. The largest absolute Gasteiger partial charge is 0.506 e. The molecule has 1 heterocycles. The van der Waals surface area contributed by atoms with E-state index in [1.807, 2.05) is 18.2 Å². The van der Waals surface area contributed by atoms with Crippen molar-refractivity contribution in [2.45, 2.75) is 6.92 Å². The van der Waals surface area contributed by atoms with Crippen molar-refractivity contribution in [3.63, 3.8) is 0 Å². The highest BCUT2D eigenvalue weighted by molar-refractivity contribution is 6.71. The Kier molecular flexibility index (Phi) is 3.57. The van der Waals surface area contributed by atoms with Crippen LogP contribution in [-0.4, -0.2) is 22.4 Å². The predicted molar refractivity (Wildman–Crippen MR) is 86.2 cm³/mol. The zero-order valence-corrected chi connectivity index (χ0v) is 11.9. The topological polar surface area (TPSA) is 77.3 Å². The van der Waals surface area contributed by atoms with Gasteiger partial charge in [-0.3, -0.25) is 10.2 Å². The summed E-state index contributed by atoms with van der Waals surface area (Å²) in [5.41, 5.74) is 4.53. The molecule has 2 aromatic rings. The van der Waals surface area contributed by atoms with Gasteiger partial charge in [0.1, 0.15) is 5.75 Å². The monoisotopic (exact) mass is 294 g/mol. The predicted octanol–water partition coefficient (Wildman–Crippen LogP) is 2.58. The molecule has 0 unspecified atom stereocenters. The molecule has 0 aromatic heterocycles. The van der Waals surface area contributed by atoms with Crippen LogP contribution in [-0.2, 0) is 4.79 Å². The smallest absolute Gasteiger partial charge is 0.301 e. The summed E-state index contributed by atoms with van der Waals surface area (Å²) in [7, 11) is 0. The second kappa shape index (κ2) is 5.69. The van der Waals surface area contributed by atoms with E-state index in [0.717, 1.165) is 0 Å². The Balaban J connectivity index is 1.84. The molecule has 1 amide bonds. The van der Waals surface area contributed by atoms with Gasteiger partial charge < -0.3 is 5.11 Å². The summed E-state index contributed by atoms with van der Waals surface area (Å²) < 4.78 is 0. The molecule has 22 heavy (non-hydrogen) atoms. The highest BCUT2D eigenvalue weighted by Gasteiger charge is 2.30. The van der Waals surface area contributed by atoms with Crippen molar-refractivity contribution in [1.29, 1.82) is 0 Å². The quantitative estimate of drug-likeness (QED) is 0.674. The van der Waals surface area contributed by atoms with Crippen molar-refractivity contribution < 1.29 is 9.90 Å². The van der Waals surface area contributed by atoms with Gasteiger partial charge in [-0.05, 0) is 31.2 Å². The van der Waals surface area contributed by atoms with Gasteiger partial charge in [-0.2, -0.15) is 15.2 Å². The summed E-state index contributed by atoms with van der Waals surface area (Å²) in [4.78, 5) is 12.4. The van der Waals surface area contributed by atoms with Crippen LogP contribution in [0.25, 0.3) is 0 Å². The Morgan fingerprint density at radius 3 is 2.50 bits per heavy atom. The van der Waals surface area contributed by atoms with E-state index in [1.54, 1.807) is 37.3 Å². The fourth-order valence-corrected chi connectivity index (χ4v) is 2.06. The number of amides is 1. The SMILES string of the molecule is CC1=NN(c2ccccc2)C(=O)/C1=N\Nc1ccccc1O. The highest BCUT2D eigenvalue weighted by Crippen LogP contribution is 2.22. The summed E-state index contributed by atoms with van der Waals surface area (Å²) in [6.07, 6.45) is 0. The van der Waals surface area contributed by atoms with Crippen LogP contribution in [0.3, 0.4) is 0 Å². The Morgan fingerprint density at radius 1 is 1.09 bits per heavy atom. The van der Waals surface area contributed by atoms with Gasteiger partial charge in [0.25, 0.3) is 0 Å². The normalized spacial score (nSPS) is 16.0. The molecule has 3 rings (SSSR count). The molecule has 0 aliphatic carbocycles. The number of para-hydroxylation sites is 3. The van der Waals surface area contributed by atoms with Gasteiger partial charge >= 0.3 is 5.91 Å². The minimum atomic E-state index is -0.313. The molecule has 0 bridgehead atoms. The Bertz CT molecular complexity index is 769. The average Bonchev–Trinajstić information content (AvgIpc) is 2.82. The third-order valence-electron chi connectivity index (χ3n) is 3.18. The molecule has 6 heteroatoms. The minimum Gasteiger partial charge on any atom is -0.506 e.